The summed E-state index contributed by atoms with van der Waals surface area (Å²) in [6.07, 6.45) is 0.363. The molecule has 0 bridgehead atoms. The number of hydrogen-bond acceptors (Lipinski definition) is 4. The fraction of sp³-hybridized carbons (Fsp3) is 0.556. The molecule has 1 aliphatic heterocycles. The molecule has 0 saturated carbocycles. The summed E-state index contributed by atoms with van der Waals surface area (Å²) in [4.78, 5) is 25.6. The monoisotopic (exact) mass is 335 g/mol. The van der Waals surface area contributed by atoms with Crippen LogP contribution in [0.5, 0.6) is 0 Å². The highest BCUT2D eigenvalue weighted by molar-refractivity contribution is 5.85. The molecule has 6 nitrogen and oxygen atoms in total. The van der Waals surface area contributed by atoms with E-state index in [4.69, 9.17) is 9.47 Å². The van der Waals surface area contributed by atoms with Crippen molar-refractivity contribution in [1.82, 2.24) is 4.90 Å². The Bertz CT molecular complexity index is 581. The van der Waals surface area contributed by atoms with Gasteiger partial charge < -0.3 is 14.6 Å². The average molecular weight is 335 g/mol. The molecule has 0 unspecified atom stereocenters. The Morgan fingerprint density at radius 3 is 2.50 bits per heavy atom. The lowest BCUT2D eigenvalue weighted by Crippen LogP contribution is -2.57. The van der Waals surface area contributed by atoms with Crippen molar-refractivity contribution < 1.29 is 24.2 Å². The van der Waals surface area contributed by atoms with Gasteiger partial charge in [0.15, 0.2) is 5.54 Å². The maximum atomic E-state index is 12.4. The molecular formula is C18H25NO5. The van der Waals surface area contributed by atoms with Crippen LogP contribution in [-0.4, -0.2) is 46.4 Å². The topological polar surface area (TPSA) is 76.1 Å². The Balaban J connectivity index is 2.07. The number of carbonyl (C=O) groups is 2. The standard InChI is InChI=1S/C18H25NO5/c1-17(2,3)24-16(22)19-11-7-10-18(19,15(20)21)13-23-12-14-8-5-4-6-9-14/h4-6,8-9H,7,10-13H2,1-3H3,(H,20,21)/t18-/m0/s1. The summed E-state index contributed by atoms with van der Waals surface area (Å²) in [6, 6.07) is 9.52. The van der Waals surface area contributed by atoms with E-state index in [0.717, 1.165) is 5.56 Å². The molecule has 0 aliphatic carbocycles. The molecule has 1 aromatic carbocycles. The maximum Gasteiger partial charge on any atom is 0.411 e. The molecule has 1 aliphatic rings. The van der Waals surface area contributed by atoms with E-state index >= 15 is 0 Å². The molecule has 1 saturated heterocycles. The van der Waals surface area contributed by atoms with Gasteiger partial charge >= 0.3 is 12.1 Å². The molecule has 1 fully saturated rings. The summed E-state index contributed by atoms with van der Waals surface area (Å²) in [7, 11) is 0. The Kier molecular flexibility index (Phi) is 5.49. The minimum absolute atomic E-state index is 0.0591. The molecule has 0 spiro atoms. The predicted molar refractivity (Wildman–Crippen MR) is 88.6 cm³/mol. The molecule has 0 aromatic heterocycles. The van der Waals surface area contributed by atoms with Crippen LogP contribution in [0, 0.1) is 0 Å². The Labute approximate surface area is 142 Å². The second-order valence-corrected chi connectivity index (χ2v) is 7.05. The van der Waals surface area contributed by atoms with Crippen LogP contribution in [0.25, 0.3) is 0 Å². The number of ether oxygens (including phenoxy) is 2. The van der Waals surface area contributed by atoms with Crippen LogP contribution in [0.1, 0.15) is 39.2 Å². The lowest BCUT2D eigenvalue weighted by atomic mass is 9.97. The zero-order chi connectivity index (χ0) is 17.8. The van der Waals surface area contributed by atoms with E-state index in [1.807, 2.05) is 30.3 Å². The molecule has 1 atom stereocenters. The second-order valence-electron chi connectivity index (χ2n) is 7.05. The molecule has 2 rings (SSSR count). The molecule has 1 aromatic rings. The summed E-state index contributed by atoms with van der Waals surface area (Å²) >= 11 is 0. The van der Waals surface area contributed by atoms with Crippen molar-refractivity contribution in [2.45, 2.75) is 51.4 Å². The molecule has 132 valence electrons. The third kappa shape index (κ3) is 4.26. The number of nitrogens with zero attached hydrogens (tertiary/aromatic N) is 1. The van der Waals surface area contributed by atoms with Gasteiger partial charge in [0.2, 0.25) is 0 Å². The van der Waals surface area contributed by atoms with Crippen molar-refractivity contribution in [1.29, 1.82) is 0 Å². The Morgan fingerprint density at radius 1 is 1.25 bits per heavy atom. The van der Waals surface area contributed by atoms with E-state index in [1.54, 1.807) is 20.8 Å². The van der Waals surface area contributed by atoms with Gasteiger partial charge in [-0.15, -0.1) is 0 Å². The van der Waals surface area contributed by atoms with E-state index in [-0.39, 0.29) is 6.61 Å². The Morgan fingerprint density at radius 2 is 1.92 bits per heavy atom. The van der Waals surface area contributed by atoms with Crippen molar-refractivity contribution in [2.24, 2.45) is 0 Å². The minimum Gasteiger partial charge on any atom is -0.479 e. The van der Waals surface area contributed by atoms with Gasteiger partial charge in [0.25, 0.3) is 0 Å². The van der Waals surface area contributed by atoms with Gasteiger partial charge in [0.05, 0.1) is 13.2 Å². The number of hydrogen-bond donors (Lipinski definition) is 1. The molecule has 1 amide bonds. The predicted octanol–water partition coefficient (Wildman–Crippen LogP) is 3.06. The smallest absolute Gasteiger partial charge is 0.411 e. The molecular weight excluding hydrogens is 310 g/mol. The van der Waals surface area contributed by atoms with Crippen LogP contribution < -0.4 is 0 Å². The minimum atomic E-state index is -1.36. The second kappa shape index (κ2) is 7.21. The number of carboxylic acids is 1. The third-order valence-electron chi connectivity index (χ3n) is 3.95. The lowest BCUT2D eigenvalue weighted by molar-refractivity contribution is -0.153. The van der Waals surface area contributed by atoms with E-state index in [9.17, 15) is 14.7 Å². The van der Waals surface area contributed by atoms with Gasteiger partial charge in [-0.25, -0.2) is 9.59 Å². The number of benzene rings is 1. The SMILES string of the molecule is CC(C)(C)OC(=O)N1CCC[C@]1(COCc1ccccc1)C(=O)O. The van der Waals surface area contributed by atoms with Crippen LogP contribution in [0.3, 0.4) is 0 Å². The molecule has 6 heteroatoms. The van der Waals surface area contributed by atoms with Crippen molar-refractivity contribution >= 4 is 12.1 Å². The number of likely N-dealkylation sites (tertiary alicyclic amines) is 1. The van der Waals surface area contributed by atoms with E-state index in [1.165, 1.54) is 4.90 Å². The van der Waals surface area contributed by atoms with Gasteiger partial charge in [-0.1, -0.05) is 30.3 Å². The molecule has 1 N–H and O–H groups in total. The zero-order valence-electron chi connectivity index (χ0n) is 14.4. The van der Waals surface area contributed by atoms with Crippen molar-refractivity contribution in [3.8, 4) is 0 Å². The summed E-state index contributed by atoms with van der Waals surface area (Å²) in [5.74, 6) is -1.06. The van der Waals surface area contributed by atoms with E-state index in [2.05, 4.69) is 0 Å². The maximum absolute atomic E-state index is 12.4. The van der Waals surface area contributed by atoms with Crippen LogP contribution >= 0.6 is 0 Å². The van der Waals surface area contributed by atoms with Crippen molar-refractivity contribution in [2.75, 3.05) is 13.2 Å². The van der Waals surface area contributed by atoms with Gasteiger partial charge in [-0.05, 0) is 39.2 Å². The van der Waals surface area contributed by atoms with E-state index in [0.29, 0.717) is 26.0 Å². The first kappa shape index (κ1) is 18.3. The highest BCUT2D eigenvalue weighted by atomic mass is 16.6. The highest BCUT2D eigenvalue weighted by Crippen LogP contribution is 2.32. The van der Waals surface area contributed by atoms with Crippen LogP contribution in [0.4, 0.5) is 4.79 Å². The molecule has 1 heterocycles. The number of carbonyl (C=O) groups excluding carboxylic acids is 1. The first-order valence-electron chi connectivity index (χ1n) is 8.10. The van der Waals surface area contributed by atoms with Crippen molar-refractivity contribution in [3.63, 3.8) is 0 Å². The third-order valence-corrected chi connectivity index (χ3v) is 3.95. The van der Waals surface area contributed by atoms with Gasteiger partial charge in [-0.3, -0.25) is 4.90 Å². The average Bonchev–Trinajstić information content (AvgIpc) is 2.92. The fourth-order valence-electron chi connectivity index (χ4n) is 2.81. The van der Waals surface area contributed by atoms with Crippen LogP contribution in [0.15, 0.2) is 30.3 Å². The van der Waals surface area contributed by atoms with Crippen LogP contribution in [-0.2, 0) is 20.9 Å². The fourth-order valence-corrected chi connectivity index (χ4v) is 2.81. The van der Waals surface area contributed by atoms with Crippen LogP contribution in [0.2, 0.25) is 0 Å². The number of amides is 1. The highest BCUT2D eigenvalue weighted by Gasteiger charge is 2.51. The van der Waals surface area contributed by atoms with Crippen molar-refractivity contribution in [3.05, 3.63) is 35.9 Å². The largest absolute Gasteiger partial charge is 0.479 e. The zero-order valence-corrected chi connectivity index (χ0v) is 14.4. The first-order valence-corrected chi connectivity index (χ1v) is 8.10. The lowest BCUT2D eigenvalue weighted by Gasteiger charge is -2.35. The van der Waals surface area contributed by atoms with Gasteiger partial charge in [0, 0.05) is 6.54 Å². The van der Waals surface area contributed by atoms with E-state index < -0.39 is 23.2 Å². The number of rotatable bonds is 5. The normalized spacial score (nSPS) is 20.9. The van der Waals surface area contributed by atoms with Gasteiger partial charge in [-0.2, -0.15) is 0 Å². The molecule has 0 radical (unpaired) electrons. The summed E-state index contributed by atoms with van der Waals surface area (Å²) in [6.45, 7) is 5.88. The molecule has 24 heavy (non-hydrogen) atoms. The summed E-state index contributed by atoms with van der Waals surface area (Å²) in [5.41, 5.74) is -1.08. The Hall–Kier alpha value is -2.08. The quantitative estimate of drug-likeness (QED) is 0.895. The first-order chi connectivity index (χ1) is 11.2. The van der Waals surface area contributed by atoms with Gasteiger partial charge in [0.1, 0.15) is 5.60 Å². The summed E-state index contributed by atoms with van der Waals surface area (Å²) in [5, 5.41) is 9.75. The number of aliphatic carboxylic acids is 1. The summed E-state index contributed by atoms with van der Waals surface area (Å²) < 4.78 is 11.0. The number of carboxylic acid groups (broad SMARTS) is 1.